The van der Waals surface area contributed by atoms with Crippen LogP contribution in [0.1, 0.15) is 17.4 Å². The van der Waals surface area contributed by atoms with Crippen LogP contribution in [0.2, 0.25) is 0 Å². The number of hydrogen-bond donors (Lipinski definition) is 2. The van der Waals surface area contributed by atoms with Crippen molar-refractivity contribution in [3.8, 4) is 0 Å². The van der Waals surface area contributed by atoms with Crippen LogP contribution in [-0.2, 0) is 21.7 Å². The highest BCUT2D eigenvalue weighted by molar-refractivity contribution is 7.09. The number of non-ortho nitro benzene ring substituents is 1. The first-order chi connectivity index (χ1) is 12.8. The van der Waals surface area contributed by atoms with E-state index in [9.17, 15) is 24.5 Å². The number of benzene rings is 1. The van der Waals surface area contributed by atoms with Gasteiger partial charge >= 0.3 is 6.03 Å². The SMILES string of the molecule is C[C@]1(c2ccc([N+](=O)[O-])cc2)NC(=O)N(CC(=O)NCc2cccs2)C1=O. The molecule has 2 N–H and O–H groups in total. The van der Waals surface area contributed by atoms with E-state index in [0.29, 0.717) is 12.1 Å². The van der Waals surface area contributed by atoms with Gasteiger partial charge in [-0.1, -0.05) is 6.07 Å². The standard InChI is InChI=1S/C17H16N4O5S/c1-17(11-4-6-12(7-5-11)21(25)26)15(23)20(16(24)19-17)10-14(22)18-9-13-3-2-8-27-13/h2-8H,9-10H2,1H3,(H,18,22)(H,19,24)/t17-/m1/s1. The molecule has 1 fully saturated rings. The highest BCUT2D eigenvalue weighted by atomic mass is 32.1. The van der Waals surface area contributed by atoms with Crippen molar-refractivity contribution < 1.29 is 19.3 Å². The van der Waals surface area contributed by atoms with Gasteiger partial charge in [0.2, 0.25) is 5.91 Å². The fourth-order valence-electron chi connectivity index (χ4n) is 2.75. The fraction of sp³-hybridized carbons (Fsp3) is 0.235. The molecule has 140 valence electrons. The minimum atomic E-state index is -1.39. The summed E-state index contributed by atoms with van der Waals surface area (Å²) in [6.45, 7) is 1.41. The van der Waals surface area contributed by atoms with E-state index in [1.54, 1.807) is 0 Å². The average Bonchev–Trinajstić information content (AvgIpc) is 3.23. The van der Waals surface area contributed by atoms with Gasteiger partial charge in [-0.2, -0.15) is 0 Å². The van der Waals surface area contributed by atoms with Gasteiger partial charge in [0.25, 0.3) is 11.6 Å². The number of rotatable bonds is 6. The van der Waals surface area contributed by atoms with Gasteiger partial charge in [-0.05, 0) is 36.1 Å². The van der Waals surface area contributed by atoms with Crippen LogP contribution in [0.4, 0.5) is 10.5 Å². The van der Waals surface area contributed by atoms with Gasteiger partial charge < -0.3 is 10.6 Å². The van der Waals surface area contributed by atoms with Gasteiger partial charge in [0.1, 0.15) is 12.1 Å². The summed E-state index contributed by atoms with van der Waals surface area (Å²) in [5, 5.41) is 17.9. The molecule has 27 heavy (non-hydrogen) atoms. The second kappa shape index (κ2) is 7.16. The predicted octanol–water partition coefficient (Wildman–Crippen LogP) is 1.74. The zero-order valence-corrected chi connectivity index (χ0v) is 15.1. The number of carbonyl (C=O) groups is 3. The number of imide groups is 1. The van der Waals surface area contributed by atoms with Crippen molar-refractivity contribution in [1.82, 2.24) is 15.5 Å². The second-order valence-electron chi connectivity index (χ2n) is 6.11. The van der Waals surface area contributed by atoms with E-state index < -0.39 is 34.9 Å². The maximum absolute atomic E-state index is 12.8. The van der Waals surface area contributed by atoms with Crippen LogP contribution in [0.3, 0.4) is 0 Å². The first kappa shape index (κ1) is 18.5. The zero-order valence-electron chi connectivity index (χ0n) is 14.3. The Morgan fingerprint density at radius 3 is 2.59 bits per heavy atom. The van der Waals surface area contributed by atoms with E-state index in [1.165, 1.54) is 42.5 Å². The smallest absolute Gasteiger partial charge is 0.325 e. The number of nitrogens with zero attached hydrogens (tertiary/aromatic N) is 2. The summed E-state index contributed by atoms with van der Waals surface area (Å²) in [4.78, 5) is 49.1. The molecule has 1 aromatic carbocycles. The van der Waals surface area contributed by atoms with Crippen LogP contribution in [0.25, 0.3) is 0 Å². The van der Waals surface area contributed by atoms with Crippen molar-refractivity contribution in [2.45, 2.75) is 19.0 Å². The zero-order chi connectivity index (χ0) is 19.6. The van der Waals surface area contributed by atoms with Crippen molar-refractivity contribution >= 4 is 34.9 Å². The quantitative estimate of drug-likeness (QED) is 0.443. The Kier molecular flexibility index (Phi) is 4.91. The number of hydrogen-bond acceptors (Lipinski definition) is 6. The minimum absolute atomic E-state index is 0.121. The Morgan fingerprint density at radius 1 is 1.30 bits per heavy atom. The number of amides is 4. The first-order valence-electron chi connectivity index (χ1n) is 7.99. The molecule has 0 saturated carbocycles. The molecule has 1 aliphatic rings. The summed E-state index contributed by atoms with van der Waals surface area (Å²) in [5.41, 5.74) is -1.11. The largest absolute Gasteiger partial charge is 0.350 e. The van der Waals surface area contributed by atoms with Crippen molar-refractivity contribution in [2.24, 2.45) is 0 Å². The van der Waals surface area contributed by atoms with Crippen LogP contribution in [0.15, 0.2) is 41.8 Å². The van der Waals surface area contributed by atoms with Gasteiger partial charge in [-0.25, -0.2) is 4.79 Å². The molecule has 9 nitrogen and oxygen atoms in total. The third kappa shape index (κ3) is 3.65. The monoisotopic (exact) mass is 388 g/mol. The van der Waals surface area contributed by atoms with E-state index in [4.69, 9.17) is 0 Å². The third-order valence-corrected chi connectivity index (χ3v) is 5.15. The molecule has 1 saturated heterocycles. The maximum atomic E-state index is 12.8. The van der Waals surface area contributed by atoms with Crippen LogP contribution in [0, 0.1) is 10.1 Å². The highest BCUT2D eigenvalue weighted by Gasteiger charge is 2.49. The topological polar surface area (TPSA) is 122 Å². The first-order valence-corrected chi connectivity index (χ1v) is 8.87. The molecular weight excluding hydrogens is 372 g/mol. The molecule has 0 aliphatic carbocycles. The van der Waals surface area contributed by atoms with Crippen LogP contribution in [0.5, 0.6) is 0 Å². The number of nitro benzene ring substituents is 1. The molecule has 1 aromatic heterocycles. The Labute approximate surface area is 158 Å². The van der Waals surface area contributed by atoms with E-state index in [0.717, 1.165) is 9.78 Å². The summed E-state index contributed by atoms with van der Waals surface area (Å²) in [5.74, 6) is -1.05. The molecule has 0 unspecified atom stereocenters. The Hall–Kier alpha value is -3.27. The Balaban J connectivity index is 1.69. The third-order valence-electron chi connectivity index (χ3n) is 4.27. The van der Waals surface area contributed by atoms with Crippen LogP contribution < -0.4 is 10.6 Å². The van der Waals surface area contributed by atoms with Crippen molar-refractivity contribution in [3.05, 3.63) is 62.3 Å². The van der Waals surface area contributed by atoms with Crippen LogP contribution in [-0.4, -0.2) is 34.2 Å². The predicted molar refractivity (Wildman–Crippen MR) is 96.9 cm³/mol. The molecule has 1 atom stereocenters. The van der Waals surface area contributed by atoms with Gasteiger partial charge in [-0.3, -0.25) is 24.6 Å². The van der Waals surface area contributed by atoms with Gasteiger partial charge in [0.15, 0.2) is 0 Å². The summed E-state index contributed by atoms with van der Waals surface area (Å²) < 4.78 is 0. The van der Waals surface area contributed by atoms with Crippen molar-refractivity contribution in [1.29, 1.82) is 0 Å². The lowest BCUT2D eigenvalue weighted by molar-refractivity contribution is -0.384. The fourth-order valence-corrected chi connectivity index (χ4v) is 3.40. The van der Waals surface area contributed by atoms with E-state index in [2.05, 4.69) is 10.6 Å². The van der Waals surface area contributed by atoms with Crippen molar-refractivity contribution in [3.63, 3.8) is 0 Å². The van der Waals surface area contributed by atoms with Crippen molar-refractivity contribution in [2.75, 3.05) is 6.54 Å². The lowest BCUT2D eigenvalue weighted by Gasteiger charge is -2.22. The molecular formula is C17H16N4O5S. The molecule has 0 bridgehead atoms. The summed E-state index contributed by atoms with van der Waals surface area (Å²) in [6, 6.07) is 8.39. The van der Waals surface area contributed by atoms with Crippen LogP contribution >= 0.6 is 11.3 Å². The Morgan fingerprint density at radius 2 is 2.00 bits per heavy atom. The number of urea groups is 1. The minimum Gasteiger partial charge on any atom is -0.350 e. The lowest BCUT2D eigenvalue weighted by atomic mass is 9.92. The second-order valence-corrected chi connectivity index (χ2v) is 7.14. The van der Waals surface area contributed by atoms with Gasteiger partial charge in [0.05, 0.1) is 11.5 Å². The summed E-state index contributed by atoms with van der Waals surface area (Å²) in [7, 11) is 0. The van der Waals surface area contributed by atoms with Gasteiger partial charge in [0, 0.05) is 17.0 Å². The number of nitro groups is 1. The number of carbonyl (C=O) groups excluding carboxylic acids is 3. The summed E-state index contributed by atoms with van der Waals surface area (Å²) in [6.07, 6.45) is 0. The molecule has 4 amide bonds. The molecule has 2 aromatic rings. The number of nitrogens with one attached hydrogen (secondary N) is 2. The van der Waals surface area contributed by atoms with E-state index in [1.807, 2.05) is 17.5 Å². The lowest BCUT2D eigenvalue weighted by Crippen LogP contribution is -2.43. The molecule has 3 rings (SSSR count). The molecule has 0 radical (unpaired) electrons. The molecule has 0 spiro atoms. The van der Waals surface area contributed by atoms with Gasteiger partial charge in [-0.15, -0.1) is 11.3 Å². The number of thiophene rings is 1. The Bertz CT molecular complexity index is 897. The molecule has 1 aliphatic heterocycles. The highest BCUT2D eigenvalue weighted by Crippen LogP contribution is 2.29. The molecule has 10 heteroatoms. The molecule has 2 heterocycles. The summed E-state index contributed by atoms with van der Waals surface area (Å²) >= 11 is 1.49. The van der Waals surface area contributed by atoms with E-state index >= 15 is 0 Å². The van der Waals surface area contributed by atoms with E-state index in [-0.39, 0.29) is 5.69 Å². The average molecular weight is 388 g/mol. The maximum Gasteiger partial charge on any atom is 0.325 e. The normalized spacial score (nSPS) is 19.1.